The minimum Gasteiger partial charge on any atom is -0.390 e. The lowest BCUT2D eigenvalue weighted by atomic mass is 10.00. The van der Waals surface area contributed by atoms with Crippen molar-refractivity contribution in [2.75, 3.05) is 6.54 Å². The largest absolute Gasteiger partial charge is 0.390 e. The van der Waals surface area contributed by atoms with E-state index in [0.29, 0.717) is 6.54 Å². The van der Waals surface area contributed by atoms with Gasteiger partial charge in [-0.3, -0.25) is 9.59 Å². The van der Waals surface area contributed by atoms with E-state index in [2.05, 4.69) is 28.6 Å². The van der Waals surface area contributed by atoms with Crippen LogP contribution in [0.15, 0.2) is 79.0 Å². The Morgan fingerprint density at radius 1 is 0.900 bits per heavy atom. The number of aryl methyl sites for hydroxylation is 1. The number of benzene rings is 3. The number of carbonyl (C=O) groups is 2. The number of ketones is 1. The molecule has 0 saturated carbocycles. The average molecular weight is 550 g/mol. The summed E-state index contributed by atoms with van der Waals surface area (Å²) in [5.74, 6) is -3.48. The Bertz CT molecular complexity index is 1470. The van der Waals surface area contributed by atoms with Gasteiger partial charge in [0.1, 0.15) is 23.1 Å². The molecular weight excluding hydrogens is 519 g/mol. The molecule has 1 heterocycles. The first-order valence-corrected chi connectivity index (χ1v) is 12.9. The van der Waals surface area contributed by atoms with Crippen LogP contribution in [-0.2, 0) is 19.4 Å². The van der Waals surface area contributed by atoms with Crippen LogP contribution in [0.5, 0.6) is 0 Å². The minimum absolute atomic E-state index is 0.00616. The second-order valence-corrected chi connectivity index (χ2v) is 9.54. The average Bonchev–Trinajstić information content (AvgIpc) is 3.43. The van der Waals surface area contributed by atoms with Crippen LogP contribution in [0, 0.1) is 17.5 Å². The number of amides is 1. The summed E-state index contributed by atoms with van der Waals surface area (Å²) < 4.78 is 41.7. The van der Waals surface area contributed by atoms with E-state index in [-0.39, 0.29) is 35.3 Å². The molecule has 2 atom stereocenters. The van der Waals surface area contributed by atoms with E-state index >= 15 is 0 Å². The highest BCUT2D eigenvalue weighted by atomic mass is 19.1. The normalized spacial score (nSPS) is 12.6. The van der Waals surface area contributed by atoms with E-state index in [1.807, 2.05) is 18.2 Å². The molecule has 6 nitrogen and oxygen atoms in total. The second-order valence-electron chi connectivity index (χ2n) is 9.54. The quantitative estimate of drug-likeness (QED) is 0.193. The lowest BCUT2D eigenvalue weighted by molar-refractivity contribution is 0.0826. The van der Waals surface area contributed by atoms with E-state index < -0.39 is 41.3 Å². The number of hydrogen-bond donors (Lipinski definition) is 4. The maximum atomic E-state index is 14.1. The molecule has 1 amide bonds. The molecule has 2 unspecified atom stereocenters. The summed E-state index contributed by atoms with van der Waals surface area (Å²) in [6.07, 6.45) is 1.000. The van der Waals surface area contributed by atoms with Gasteiger partial charge in [0, 0.05) is 30.9 Å². The number of aromatic amines is 1. The van der Waals surface area contributed by atoms with Gasteiger partial charge in [0.15, 0.2) is 5.78 Å². The fraction of sp³-hybridized carbons (Fsp3) is 0.226. The Labute approximate surface area is 230 Å². The van der Waals surface area contributed by atoms with Crippen molar-refractivity contribution in [2.45, 2.75) is 38.5 Å². The second kappa shape index (κ2) is 13.2. The van der Waals surface area contributed by atoms with Crippen molar-refractivity contribution in [3.63, 3.8) is 0 Å². The first kappa shape index (κ1) is 28.8. The summed E-state index contributed by atoms with van der Waals surface area (Å²) in [5.41, 5.74) is 2.40. The van der Waals surface area contributed by atoms with Crippen molar-refractivity contribution < 1.29 is 27.9 Å². The standard InChI is InChI=1S/C31H30F3N3O3/c1-2-19-6-5-7-20(10-19)16-35-18-29(38)27(13-21-11-23(32)15-24(33)12-21)37-31(40)28-14-22(17-36-28)30(39)25-8-3-4-9-26(25)34/h3-12,14-15,17,27,29,35-36,38H,2,13,16,18H2,1H3,(H,37,40). The smallest absolute Gasteiger partial charge is 0.268 e. The lowest BCUT2D eigenvalue weighted by Crippen LogP contribution is -2.48. The number of halogens is 3. The van der Waals surface area contributed by atoms with Gasteiger partial charge >= 0.3 is 0 Å². The fourth-order valence-electron chi connectivity index (χ4n) is 4.44. The number of carbonyl (C=O) groups excluding carboxylic acids is 2. The van der Waals surface area contributed by atoms with E-state index in [0.717, 1.165) is 30.2 Å². The van der Waals surface area contributed by atoms with Gasteiger partial charge in [-0.15, -0.1) is 0 Å². The summed E-state index contributed by atoms with van der Waals surface area (Å²) in [7, 11) is 0. The van der Waals surface area contributed by atoms with Crippen LogP contribution in [-0.4, -0.2) is 40.5 Å². The maximum Gasteiger partial charge on any atom is 0.268 e. The number of aliphatic hydroxyl groups excluding tert-OH is 1. The van der Waals surface area contributed by atoms with Gasteiger partial charge < -0.3 is 20.7 Å². The summed E-state index contributed by atoms with van der Waals surface area (Å²) in [6, 6.07) is 16.9. The van der Waals surface area contributed by atoms with Crippen LogP contribution in [0.2, 0.25) is 0 Å². The number of nitrogens with one attached hydrogen (secondary N) is 3. The number of hydrogen-bond acceptors (Lipinski definition) is 4. The molecule has 0 aliphatic carbocycles. The molecule has 0 spiro atoms. The first-order valence-electron chi connectivity index (χ1n) is 12.9. The van der Waals surface area contributed by atoms with Crippen LogP contribution in [0.4, 0.5) is 13.2 Å². The first-order chi connectivity index (χ1) is 19.2. The zero-order chi connectivity index (χ0) is 28.6. The zero-order valence-electron chi connectivity index (χ0n) is 21.9. The highest BCUT2D eigenvalue weighted by molar-refractivity contribution is 6.10. The maximum absolute atomic E-state index is 14.1. The summed E-state index contributed by atoms with van der Waals surface area (Å²) >= 11 is 0. The molecule has 0 bridgehead atoms. The summed E-state index contributed by atoms with van der Waals surface area (Å²) in [5, 5.41) is 16.8. The molecule has 4 aromatic rings. The SMILES string of the molecule is CCc1cccc(CNCC(O)C(Cc2cc(F)cc(F)c2)NC(=O)c2cc(C(=O)c3ccccc3F)c[nH]2)c1. The van der Waals surface area contributed by atoms with Crippen molar-refractivity contribution in [1.29, 1.82) is 0 Å². The highest BCUT2D eigenvalue weighted by Gasteiger charge is 2.24. The molecule has 4 rings (SSSR count). The van der Waals surface area contributed by atoms with Crippen molar-refractivity contribution in [1.82, 2.24) is 15.6 Å². The molecule has 1 aromatic heterocycles. The topological polar surface area (TPSA) is 94.2 Å². The molecule has 40 heavy (non-hydrogen) atoms. The molecule has 0 aliphatic rings. The predicted molar refractivity (Wildman–Crippen MR) is 145 cm³/mol. The van der Waals surface area contributed by atoms with Gasteiger partial charge in [-0.1, -0.05) is 43.3 Å². The van der Waals surface area contributed by atoms with Crippen molar-refractivity contribution in [3.8, 4) is 0 Å². The van der Waals surface area contributed by atoms with Crippen molar-refractivity contribution >= 4 is 11.7 Å². The fourth-order valence-corrected chi connectivity index (χ4v) is 4.44. The molecule has 0 fully saturated rings. The predicted octanol–water partition coefficient (Wildman–Crippen LogP) is 4.72. The van der Waals surface area contributed by atoms with Gasteiger partial charge in [0.25, 0.3) is 5.91 Å². The Hall–Kier alpha value is -4.21. The van der Waals surface area contributed by atoms with Gasteiger partial charge in [-0.05, 0) is 59.9 Å². The molecule has 208 valence electrons. The Morgan fingerprint density at radius 2 is 1.62 bits per heavy atom. The van der Waals surface area contributed by atoms with Gasteiger partial charge in [-0.2, -0.15) is 0 Å². The number of H-pyrrole nitrogens is 1. The van der Waals surface area contributed by atoms with E-state index in [4.69, 9.17) is 0 Å². The van der Waals surface area contributed by atoms with E-state index in [9.17, 15) is 27.9 Å². The highest BCUT2D eigenvalue weighted by Crippen LogP contribution is 2.16. The Kier molecular flexibility index (Phi) is 9.52. The van der Waals surface area contributed by atoms with Gasteiger partial charge in [0.05, 0.1) is 17.7 Å². The van der Waals surface area contributed by atoms with Crippen LogP contribution in [0.3, 0.4) is 0 Å². The van der Waals surface area contributed by atoms with Crippen LogP contribution >= 0.6 is 0 Å². The molecule has 4 N–H and O–H groups in total. The van der Waals surface area contributed by atoms with E-state index in [1.54, 1.807) is 0 Å². The number of aromatic nitrogens is 1. The monoisotopic (exact) mass is 549 g/mol. The number of rotatable bonds is 12. The minimum atomic E-state index is -1.13. The summed E-state index contributed by atoms with van der Waals surface area (Å²) in [6.45, 7) is 2.61. The molecule has 3 aromatic carbocycles. The van der Waals surface area contributed by atoms with Crippen LogP contribution < -0.4 is 10.6 Å². The lowest BCUT2D eigenvalue weighted by Gasteiger charge is -2.25. The van der Waals surface area contributed by atoms with Gasteiger partial charge in [-0.25, -0.2) is 13.2 Å². The third-order valence-corrected chi connectivity index (χ3v) is 6.55. The third-order valence-electron chi connectivity index (χ3n) is 6.55. The van der Waals surface area contributed by atoms with Crippen LogP contribution in [0.25, 0.3) is 0 Å². The van der Waals surface area contributed by atoms with Crippen molar-refractivity contribution in [2.24, 2.45) is 0 Å². The molecule has 9 heteroatoms. The van der Waals surface area contributed by atoms with Gasteiger partial charge in [0.2, 0.25) is 0 Å². The number of aliphatic hydroxyl groups is 1. The zero-order valence-corrected chi connectivity index (χ0v) is 21.9. The molecular formula is C31H30F3N3O3. The Morgan fingerprint density at radius 3 is 2.35 bits per heavy atom. The molecule has 0 radical (unpaired) electrons. The van der Waals surface area contributed by atoms with Crippen LogP contribution in [0.1, 0.15) is 50.0 Å². The Balaban J connectivity index is 1.47. The molecule has 0 aliphatic heterocycles. The van der Waals surface area contributed by atoms with E-state index in [1.165, 1.54) is 42.1 Å². The van der Waals surface area contributed by atoms with Crippen molar-refractivity contribution in [3.05, 3.63) is 130 Å². The summed E-state index contributed by atoms with van der Waals surface area (Å²) in [4.78, 5) is 28.5. The molecule has 0 saturated heterocycles. The third kappa shape index (κ3) is 7.46.